The van der Waals surface area contributed by atoms with Crippen LogP contribution in [0.2, 0.25) is 0 Å². The molecule has 3 aliphatic heterocycles. The number of benzene rings is 2. The average Bonchev–Trinajstić information content (AvgIpc) is 2.90. The van der Waals surface area contributed by atoms with Crippen molar-refractivity contribution in [3.05, 3.63) is 80.8 Å². The predicted molar refractivity (Wildman–Crippen MR) is 139 cm³/mol. The van der Waals surface area contributed by atoms with E-state index in [-0.39, 0.29) is 23.3 Å². The second-order valence-electron chi connectivity index (χ2n) is 11.0. The lowest BCUT2D eigenvalue weighted by Gasteiger charge is -2.44. The number of hydrogen-bond acceptors (Lipinski definition) is 2. The number of likely N-dealkylation sites (tertiary alicyclic amines) is 1. The van der Waals surface area contributed by atoms with Gasteiger partial charge in [0.25, 0.3) is 0 Å². The molecule has 0 aliphatic carbocycles. The minimum absolute atomic E-state index is 0.102. The minimum atomic E-state index is -0.240. The van der Waals surface area contributed by atoms with Gasteiger partial charge in [0.15, 0.2) is 0 Å². The number of aryl methyl sites for hydroxylation is 4. The number of allylic oxidation sites excluding steroid dienone is 1. The summed E-state index contributed by atoms with van der Waals surface area (Å²) in [6, 6.07) is 8.62. The number of urea groups is 1. The van der Waals surface area contributed by atoms with E-state index in [1.165, 1.54) is 28.0 Å². The molecule has 3 heterocycles. The van der Waals surface area contributed by atoms with E-state index in [0.717, 1.165) is 44.6 Å². The summed E-state index contributed by atoms with van der Waals surface area (Å²) in [5.74, 6) is 0.172. The molecule has 186 valence electrons. The van der Waals surface area contributed by atoms with Crippen LogP contribution < -0.4 is 0 Å². The Hall–Kier alpha value is -2.66. The molecular formula is C30H38FN3O. The van der Waals surface area contributed by atoms with E-state index < -0.39 is 0 Å². The van der Waals surface area contributed by atoms with Gasteiger partial charge >= 0.3 is 6.03 Å². The van der Waals surface area contributed by atoms with Crippen LogP contribution in [0.15, 0.2) is 36.0 Å². The zero-order chi connectivity index (χ0) is 25.1. The SMILES string of the molecule is CCN1C(=O)N2Cc3cc(C)cc(C)c3[C@@H](C)C=C2C12CCN(Cc1cc(C)c(F)c(C)c1)CC2. The lowest BCUT2D eigenvalue weighted by Crippen LogP contribution is -2.53. The van der Waals surface area contributed by atoms with Crippen LogP contribution in [0.1, 0.15) is 71.6 Å². The van der Waals surface area contributed by atoms with Gasteiger partial charge in [-0.15, -0.1) is 0 Å². The van der Waals surface area contributed by atoms with Crippen LogP contribution in [0, 0.1) is 33.5 Å². The van der Waals surface area contributed by atoms with Crippen molar-refractivity contribution in [1.82, 2.24) is 14.7 Å². The second-order valence-corrected chi connectivity index (χ2v) is 11.0. The molecule has 5 rings (SSSR count). The number of hydrogen-bond donors (Lipinski definition) is 0. The predicted octanol–water partition coefficient (Wildman–Crippen LogP) is 6.35. The van der Waals surface area contributed by atoms with Gasteiger partial charge in [0.05, 0.1) is 12.1 Å². The molecule has 1 atom stereocenters. The maximum atomic E-state index is 14.1. The summed E-state index contributed by atoms with van der Waals surface area (Å²) < 4.78 is 14.1. The number of fused-ring (bicyclic) bond motifs is 3. The van der Waals surface area contributed by atoms with Crippen LogP contribution in [0.5, 0.6) is 0 Å². The summed E-state index contributed by atoms with van der Waals surface area (Å²) in [5, 5.41) is 0. The van der Waals surface area contributed by atoms with Crippen LogP contribution in [0.4, 0.5) is 9.18 Å². The monoisotopic (exact) mass is 475 g/mol. The zero-order valence-electron chi connectivity index (χ0n) is 22.0. The molecular weight excluding hydrogens is 437 g/mol. The zero-order valence-corrected chi connectivity index (χ0v) is 22.0. The van der Waals surface area contributed by atoms with Gasteiger partial charge in [-0.1, -0.05) is 42.8 Å². The molecule has 0 saturated carbocycles. The molecule has 2 fully saturated rings. The van der Waals surface area contributed by atoms with Crippen molar-refractivity contribution < 1.29 is 9.18 Å². The van der Waals surface area contributed by atoms with E-state index in [2.05, 4.69) is 60.6 Å². The van der Waals surface area contributed by atoms with E-state index >= 15 is 0 Å². The van der Waals surface area contributed by atoms with Gasteiger partial charge in [-0.3, -0.25) is 9.80 Å². The lowest BCUT2D eigenvalue weighted by molar-refractivity contribution is 0.0888. The number of halogens is 1. The molecule has 2 aromatic rings. The molecule has 3 aliphatic rings. The fourth-order valence-corrected chi connectivity index (χ4v) is 6.99. The van der Waals surface area contributed by atoms with Crippen LogP contribution in [-0.2, 0) is 13.1 Å². The molecule has 0 radical (unpaired) electrons. The fourth-order valence-electron chi connectivity index (χ4n) is 6.99. The van der Waals surface area contributed by atoms with Crippen LogP contribution in [0.3, 0.4) is 0 Å². The van der Waals surface area contributed by atoms with E-state index in [0.29, 0.717) is 17.7 Å². The largest absolute Gasteiger partial charge is 0.325 e. The molecule has 0 N–H and O–H groups in total. The number of nitrogens with zero attached hydrogens (tertiary/aromatic N) is 3. The first-order valence-corrected chi connectivity index (χ1v) is 13.0. The van der Waals surface area contributed by atoms with Crippen LogP contribution in [0.25, 0.3) is 0 Å². The highest BCUT2D eigenvalue weighted by atomic mass is 19.1. The second kappa shape index (κ2) is 8.77. The van der Waals surface area contributed by atoms with Gasteiger partial charge in [0.2, 0.25) is 0 Å². The molecule has 4 nitrogen and oxygen atoms in total. The van der Waals surface area contributed by atoms with Crippen molar-refractivity contribution in [3.63, 3.8) is 0 Å². The number of piperidine rings is 1. The topological polar surface area (TPSA) is 26.8 Å². The summed E-state index contributed by atoms with van der Waals surface area (Å²) in [6.07, 6.45) is 4.23. The van der Waals surface area contributed by atoms with Crippen molar-refractivity contribution in [2.75, 3.05) is 19.6 Å². The van der Waals surface area contributed by atoms with Crippen molar-refractivity contribution >= 4 is 6.03 Å². The first-order chi connectivity index (χ1) is 16.6. The van der Waals surface area contributed by atoms with Crippen molar-refractivity contribution in [2.24, 2.45) is 0 Å². The summed E-state index contributed by atoms with van der Waals surface area (Å²) >= 11 is 0. The first kappa shape index (κ1) is 24.1. The molecule has 2 aromatic carbocycles. The number of likely N-dealkylation sites (N-methyl/N-ethyl adjacent to an activating group) is 1. The van der Waals surface area contributed by atoms with E-state index in [9.17, 15) is 9.18 Å². The average molecular weight is 476 g/mol. The normalized spacial score (nSPS) is 21.7. The third kappa shape index (κ3) is 3.88. The first-order valence-electron chi connectivity index (χ1n) is 13.0. The van der Waals surface area contributed by atoms with Crippen molar-refractivity contribution in [3.8, 4) is 0 Å². The van der Waals surface area contributed by atoms with Crippen molar-refractivity contribution in [1.29, 1.82) is 0 Å². The van der Waals surface area contributed by atoms with E-state index in [1.54, 1.807) is 0 Å². The molecule has 35 heavy (non-hydrogen) atoms. The maximum absolute atomic E-state index is 14.1. The van der Waals surface area contributed by atoms with Crippen LogP contribution >= 0.6 is 0 Å². The highest BCUT2D eigenvalue weighted by Gasteiger charge is 2.54. The van der Waals surface area contributed by atoms with Gasteiger partial charge < -0.3 is 4.90 Å². The summed E-state index contributed by atoms with van der Waals surface area (Å²) in [6.45, 7) is 16.4. The van der Waals surface area contributed by atoms with Gasteiger partial charge in [-0.25, -0.2) is 9.18 Å². The minimum Gasteiger partial charge on any atom is -0.313 e. The lowest BCUT2D eigenvalue weighted by atomic mass is 9.81. The number of amides is 2. The Bertz CT molecular complexity index is 1190. The smallest absolute Gasteiger partial charge is 0.313 e. The molecule has 0 unspecified atom stereocenters. The molecule has 0 aromatic heterocycles. The Balaban J connectivity index is 1.43. The van der Waals surface area contributed by atoms with Gasteiger partial charge in [-0.2, -0.15) is 0 Å². The third-order valence-corrected chi connectivity index (χ3v) is 8.46. The summed E-state index contributed by atoms with van der Waals surface area (Å²) in [7, 11) is 0. The van der Waals surface area contributed by atoms with Gasteiger partial charge in [-0.05, 0) is 80.8 Å². The highest BCUT2D eigenvalue weighted by molar-refractivity contribution is 5.83. The van der Waals surface area contributed by atoms with Gasteiger partial charge in [0, 0.05) is 37.8 Å². The summed E-state index contributed by atoms with van der Waals surface area (Å²) in [4.78, 5) is 20.4. The molecule has 1 spiro atoms. The summed E-state index contributed by atoms with van der Waals surface area (Å²) in [5.41, 5.74) is 8.79. The number of carbonyl (C=O) groups is 1. The standard InChI is InChI=1S/C30H38FN3O/c1-7-34-29(35)33-18-25-13-19(2)12-20(3)27(25)21(4)16-26(33)30(34)8-10-32(11-9-30)17-24-14-22(5)28(31)23(6)15-24/h12-16,21H,7-11,17-18H2,1-6H3/t21-/m0/s1. The quantitative estimate of drug-likeness (QED) is 0.517. The molecule has 0 bridgehead atoms. The Morgan fingerprint density at radius 3 is 2.29 bits per heavy atom. The Morgan fingerprint density at radius 2 is 1.66 bits per heavy atom. The Labute approximate surface area is 209 Å². The number of carbonyl (C=O) groups excluding carboxylic acids is 1. The molecule has 2 saturated heterocycles. The third-order valence-electron chi connectivity index (χ3n) is 8.46. The van der Waals surface area contributed by atoms with Crippen molar-refractivity contribution in [2.45, 2.75) is 78.9 Å². The van der Waals surface area contributed by atoms with Crippen LogP contribution in [-0.4, -0.2) is 45.9 Å². The fraction of sp³-hybridized carbons (Fsp3) is 0.500. The Morgan fingerprint density at radius 1 is 1.00 bits per heavy atom. The Kier molecular flexibility index (Phi) is 6.03. The number of rotatable bonds is 3. The molecule has 5 heteroatoms. The molecule has 2 amide bonds. The highest BCUT2D eigenvalue weighted by Crippen LogP contribution is 2.47. The maximum Gasteiger partial charge on any atom is 0.325 e. The van der Waals surface area contributed by atoms with E-state index in [4.69, 9.17) is 0 Å². The van der Waals surface area contributed by atoms with Gasteiger partial charge in [0.1, 0.15) is 5.82 Å². The van der Waals surface area contributed by atoms with E-state index in [1.807, 2.05) is 26.0 Å².